The molecule has 7 saturated heterocycles. The first-order chi connectivity index (χ1) is 31.0. The number of hydrogen-bond acceptors (Lipinski definition) is 18. The first-order valence-corrected chi connectivity index (χ1v) is 24.3. The number of carbonyl (C=O) groups excluding carboxylic acids is 1. The van der Waals surface area contributed by atoms with Crippen molar-refractivity contribution in [2.75, 3.05) is 35.5 Å². The van der Waals surface area contributed by atoms with Crippen LogP contribution in [0, 0.1) is 29.6 Å². The van der Waals surface area contributed by atoms with E-state index in [1.165, 1.54) is 21.1 Å². The van der Waals surface area contributed by atoms with Crippen LogP contribution in [0.15, 0.2) is 0 Å². The molecule has 7 aliphatic rings. The van der Waals surface area contributed by atoms with Crippen LogP contribution in [0.5, 0.6) is 0 Å². The average molecular weight is 969 g/mol. The molecule has 7 rings (SSSR count). The number of methoxy groups -OCH3 is 5. The van der Waals surface area contributed by atoms with Gasteiger partial charge in [-0.15, -0.1) is 0 Å². The Bertz CT molecular complexity index is 1660. The molecule has 0 bridgehead atoms. The summed E-state index contributed by atoms with van der Waals surface area (Å²) in [6.07, 6.45) is -3.20. The molecule has 7 heterocycles. The summed E-state index contributed by atoms with van der Waals surface area (Å²) in [5.41, 5.74) is -2.19. The van der Waals surface area contributed by atoms with E-state index < -0.39 is 89.5 Å². The third kappa shape index (κ3) is 9.87. The monoisotopic (exact) mass is 969 g/mol. The van der Waals surface area contributed by atoms with Crippen LogP contribution >= 0.6 is 0 Å². The number of aliphatic hydroxyl groups excluding tert-OH is 1. The molecule has 3 N–H and O–H groups in total. The first-order valence-electron chi connectivity index (χ1n) is 24.3. The largest absolute Gasteiger partial charge is 1.00 e. The number of aliphatic carboxylic acids is 1. The summed E-state index contributed by atoms with van der Waals surface area (Å²) in [7, 11) is 7.94. The van der Waals surface area contributed by atoms with Crippen molar-refractivity contribution in [2.24, 2.45) is 29.6 Å². The van der Waals surface area contributed by atoms with Gasteiger partial charge < -0.3 is 86.8 Å². The van der Waals surface area contributed by atoms with E-state index in [1.807, 2.05) is 34.6 Å². The number of hydrogen-bond donors (Lipinski definition) is 3. The van der Waals surface area contributed by atoms with Gasteiger partial charge in [-0.3, -0.25) is 0 Å². The molecular formula is C48H81NaO18. The maximum absolute atomic E-state index is 11.9. The average Bonchev–Trinajstić information content (AvgIpc) is 4.02. The molecule has 19 heteroatoms. The van der Waals surface area contributed by atoms with Crippen molar-refractivity contribution in [1.29, 1.82) is 0 Å². The molecule has 2 unspecified atom stereocenters. The van der Waals surface area contributed by atoms with Crippen LogP contribution in [0.3, 0.4) is 0 Å². The Labute approximate surface area is 419 Å². The van der Waals surface area contributed by atoms with Crippen molar-refractivity contribution in [3.8, 4) is 0 Å². The van der Waals surface area contributed by atoms with Gasteiger partial charge in [0.2, 0.25) is 5.79 Å². The third-order valence-electron chi connectivity index (χ3n) is 17.6. The Morgan fingerprint density at radius 1 is 0.716 bits per heavy atom. The minimum absolute atomic E-state index is 0. The van der Waals surface area contributed by atoms with Crippen LogP contribution in [-0.4, -0.2) is 177 Å². The molecular weight excluding hydrogens is 888 g/mol. The van der Waals surface area contributed by atoms with E-state index in [-0.39, 0.29) is 102 Å². The Morgan fingerprint density at radius 3 is 1.94 bits per heavy atom. The Hall–Kier alpha value is -0.170. The summed E-state index contributed by atoms with van der Waals surface area (Å²) in [6.45, 7) is 17.2. The Balaban J connectivity index is 0.00000741. The second-order valence-corrected chi connectivity index (χ2v) is 21.2. The van der Waals surface area contributed by atoms with E-state index in [4.69, 9.17) is 61.6 Å². The number of carboxylic acid groups (broad SMARTS) is 1. The zero-order chi connectivity index (χ0) is 48.5. The molecule has 0 saturated carbocycles. The SMILES string of the molecule is CO[C@H]1CC[C@H](O[C@H]2[C@H](C)[C@@H]([C@H]3CC[C@H]([C@@H]4CC[C@H]([C@@]5(C)OC6(O[C@H](C[C@@H]7O[C@](O)([C@@H](O)C(=O)[O-])[C@@H](C)[C@H](OC)[C@@]7(C)OC)C[C@@H](OC)C6C)[C@H](C)[C@H]5OC)O4)O3)O[C@](C)(O)[C@@H]2C)O[C@@H]1C.[Na+]. The van der Waals surface area contributed by atoms with Gasteiger partial charge in [-0.05, 0) is 59.8 Å². The molecule has 0 aliphatic carbocycles. The van der Waals surface area contributed by atoms with Crippen molar-refractivity contribution in [1.82, 2.24) is 0 Å². The zero-order valence-corrected chi connectivity index (χ0v) is 44.7. The fraction of sp³-hybridized carbons (Fsp3) is 0.979. The maximum Gasteiger partial charge on any atom is 1.00 e. The second kappa shape index (κ2) is 21.4. The van der Waals surface area contributed by atoms with Crippen LogP contribution in [0.1, 0.15) is 114 Å². The minimum atomic E-state index is -2.56. The summed E-state index contributed by atoms with van der Waals surface area (Å²) in [4.78, 5) is 11.9. The van der Waals surface area contributed by atoms with Gasteiger partial charge in [0.05, 0.1) is 85.3 Å². The van der Waals surface area contributed by atoms with Gasteiger partial charge in [0.1, 0.15) is 17.3 Å². The first kappa shape index (κ1) is 56.1. The van der Waals surface area contributed by atoms with Gasteiger partial charge in [-0.2, -0.15) is 0 Å². The number of carboxylic acids is 1. The summed E-state index contributed by atoms with van der Waals surface area (Å²) < 4.78 is 83.7. The molecule has 7 aliphatic heterocycles. The topological polar surface area (TPSA) is 221 Å². The number of carbonyl (C=O) groups is 1. The van der Waals surface area contributed by atoms with Gasteiger partial charge in [0.15, 0.2) is 17.9 Å². The molecule has 67 heavy (non-hydrogen) atoms. The van der Waals surface area contributed by atoms with E-state index in [0.29, 0.717) is 19.3 Å². The molecule has 0 aromatic rings. The maximum atomic E-state index is 11.9. The van der Waals surface area contributed by atoms with Crippen molar-refractivity contribution in [3.63, 3.8) is 0 Å². The Morgan fingerprint density at radius 2 is 1.34 bits per heavy atom. The standard InChI is InChI=1S/C48H82O18.Na/c1-23-38(62-37-20-18-30(54-10)28(6)59-37)25(3)46(9,52)65-39(23)33-16-15-31(60-33)32-17-19-35(61-32)45(8)42(57-13)27(5)48(66-45)24(2)34(55-11)21-29(63-48)22-36-44(7,58-14)41(56-12)26(4)47(53,64-36)40(49)43(50)51;/h23-42,49,52-53H,15-22H2,1-14H3,(H,50,51);/q;+1/p-1/t23-,24?,25+,26-,27+,28+,29-,30-,31+,32-,33+,34+,35+,36-,37-,38-,39-,40-,41-,42+,44-,45+,46-,47-,48?;/m0./s1. The van der Waals surface area contributed by atoms with E-state index in [1.54, 1.807) is 35.2 Å². The third-order valence-corrected chi connectivity index (χ3v) is 17.6. The normalized spacial score (nSPS) is 53.1. The second-order valence-electron chi connectivity index (χ2n) is 21.2. The van der Waals surface area contributed by atoms with Crippen LogP contribution in [0.4, 0.5) is 0 Å². The Kier molecular flexibility index (Phi) is 17.9. The molecule has 0 aromatic heterocycles. The number of rotatable bonds is 14. The van der Waals surface area contributed by atoms with E-state index in [0.717, 1.165) is 25.7 Å². The van der Waals surface area contributed by atoms with E-state index in [2.05, 4.69) is 6.92 Å². The summed E-state index contributed by atoms with van der Waals surface area (Å²) in [5, 5.41) is 45.9. The molecule has 25 atom stereocenters. The van der Waals surface area contributed by atoms with Crippen LogP contribution in [0.2, 0.25) is 0 Å². The van der Waals surface area contributed by atoms with Gasteiger partial charge >= 0.3 is 29.6 Å². The van der Waals surface area contributed by atoms with Gasteiger partial charge in [-0.1, -0.05) is 34.6 Å². The van der Waals surface area contributed by atoms with E-state index in [9.17, 15) is 25.2 Å². The van der Waals surface area contributed by atoms with Crippen LogP contribution in [0.25, 0.3) is 0 Å². The van der Waals surface area contributed by atoms with Crippen LogP contribution in [-0.2, 0) is 66.4 Å². The van der Waals surface area contributed by atoms with Crippen molar-refractivity contribution < 1.29 is 116 Å². The minimum Gasteiger partial charge on any atom is -0.547 e. The molecule has 18 nitrogen and oxygen atoms in total. The molecule has 7 fully saturated rings. The van der Waals surface area contributed by atoms with Gasteiger partial charge in [-0.25, -0.2) is 0 Å². The van der Waals surface area contributed by atoms with Crippen molar-refractivity contribution >= 4 is 5.97 Å². The molecule has 1 spiro atoms. The predicted octanol–water partition coefficient (Wildman–Crippen LogP) is -0.389. The summed E-state index contributed by atoms with van der Waals surface area (Å²) in [5.74, 6) is -9.19. The molecule has 382 valence electrons. The van der Waals surface area contributed by atoms with Crippen molar-refractivity contribution in [2.45, 2.75) is 234 Å². The van der Waals surface area contributed by atoms with Gasteiger partial charge in [0, 0.05) is 84.4 Å². The summed E-state index contributed by atoms with van der Waals surface area (Å²) in [6, 6.07) is 0. The van der Waals surface area contributed by atoms with Crippen LogP contribution < -0.4 is 34.7 Å². The fourth-order valence-electron chi connectivity index (χ4n) is 13.3. The predicted molar refractivity (Wildman–Crippen MR) is 231 cm³/mol. The fourth-order valence-corrected chi connectivity index (χ4v) is 13.3. The van der Waals surface area contributed by atoms with E-state index >= 15 is 0 Å². The number of ether oxygens (including phenoxy) is 13. The number of aliphatic hydroxyl groups is 3. The smallest absolute Gasteiger partial charge is 0.547 e. The van der Waals surface area contributed by atoms with Gasteiger partial charge in [0.25, 0.3) is 0 Å². The molecule has 0 radical (unpaired) electrons. The molecule has 0 aromatic carbocycles. The zero-order valence-electron chi connectivity index (χ0n) is 42.7. The quantitative estimate of drug-likeness (QED) is 0.189. The molecule has 0 amide bonds. The summed E-state index contributed by atoms with van der Waals surface area (Å²) >= 11 is 0. The van der Waals surface area contributed by atoms with Crippen molar-refractivity contribution in [3.05, 3.63) is 0 Å².